The number of carbonyl (C=O) groups is 1. The van der Waals surface area contributed by atoms with Crippen LogP contribution in [0.1, 0.15) is 18.4 Å². The molecule has 3 aromatic rings. The van der Waals surface area contributed by atoms with Gasteiger partial charge in [0, 0.05) is 30.8 Å². The van der Waals surface area contributed by atoms with Gasteiger partial charge in [0.15, 0.2) is 5.82 Å². The third-order valence-electron chi connectivity index (χ3n) is 5.60. The number of hydrogen-bond acceptors (Lipinski definition) is 5. The number of amides is 1. The first kappa shape index (κ1) is 20.4. The number of anilines is 3. The Bertz CT molecular complexity index is 1270. The van der Waals surface area contributed by atoms with Crippen LogP contribution in [-0.2, 0) is 21.2 Å². The van der Waals surface area contributed by atoms with Crippen molar-refractivity contribution in [3.8, 4) is 0 Å². The van der Waals surface area contributed by atoms with Gasteiger partial charge in [-0.1, -0.05) is 29.3 Å². The van der Waals surface area contributed by atoms with Crippen LogP contribution < -0.4 is 9.80 Å². The summed E-state index contributed by atoms with van der Waals surface area (Å²) in [5.74, 6) is 0.488. The smallest absolute Gasteiger partial charge is 0.284 e. The molecule has 0 bridgehead atoms. The summed E-state index contributed by atoms with van der Waals surface area (Å²) in [6.45, 7) is 1.19. The number of fused-ring (bicyclic) bond motifs is 1. The van der Waals surface area contributed by atoms with Crippen molar-refractivity contribution in [2.75, 3.05) is 22.9 Å². The van der Waals surface area contributed by atoms with Crippen molar-refractivity contribution >= 4 is 56.3 Å². The molecule has 0 radical (unpaired) electrons. The van der Waals surface area contributed by atoms with Crippen LogP contribution in [0.2, 0.25) is 10.0 Å². The maximum atomic E-state index is 13.4. The Morgan fingerprint density at radius 1 is 0.903 bits per heavy atom. The van der Waals surface area contributed by atoms with E-state index in [0.717, 1.165) is 16.1 Å². The predicted octanol–water partition coefficient (Wildman–Crippen LogP) is 4.25. The first-order valence-electron chi connectivity index (χ1n) is 9.82. The predicted molar refractivity (Wildman–Crippen MR) is 120 cm³/mol. The lowest BCUT2D eigenvalue weighted by molar-refractivity contribution is -0.117. The fourth-order valence-electron chi connectivity index (χ4n) is 4.11. The van der Waals surface area contributed by atoms with Crippen LogP contribution in [0.15, 0.2) is 53.6 Å². The molecule has 0 unspecified atom stereocenters. The lowest BCUT2D eigenvalue weighted by Crippen LogP contribution is -2.24. The van der Waals surface area contributed by atoms with E-state index in [4.69, 9.17) is 23.2 Å². The van der Waals surface area contributed by atoms with Crippen LogP contribution in [-0.4, -0.2) is 36.6 Å². The highest BCUT2D eigenvalue weighted by atomic mass is 35.5. The van der Waals surface area contributed by atoms with Gasteiger partial charge in [-0.2, -0.15) is 13.5 Å². The average molecular weight is 477 g/mol. The fourth-order valence-corrected chi connectivity index (χ4v) is 6.00. The Balaban J connectivity index is 1.54. The molecule has 1 aromatic heterocycles. The van der Waals surface area contributed by atoms with Crippen LogP contribution in [0.5, 0.6) is 0 Å². The number of nitrogens with zero attached hydrogens (tertiary/aromatic N) is 4. The highest BCUT2D eigenvalue weighted by Gasteiger charge is 2.33. The van der Waals surface area contributed by atoms with Gasteiger partial charge in [-0.25, -0.2) is 0 Å². The summed E-state index contributed by atoms with van der Waals surface area (Å²) in [6.07, 6.45) is 3.51. The highest BCUT2D eigenvalue weighted by Crippen LogP contribution is 2.43. The number of rotatable bonds is 4. The molecule has 0 N–H and O–H groups in total. The zero-order chi connectivity index (χ0) is 21.8. The van der Waals surface area contributed by atoms with Crippen molar-refractivity contribution < 1.29 is 13.2 Å². The molecule has 2 aromatic carbocycles. The van der Waals surface area contributed by atoms with Crippen LogP contribution in [0.4, 0.5) is 17.2 Å². The molecule has 2 aliphatic heterocycles. The topological polar surface area (TPSA) is 75.5 Å². The van der Waals surface area contributed by atoms with Crippen molar-refractivity contribution in [2.45, 2.75) is 24.2 Å². The molecule has 10 heteroatoms. The van der Waals surface area contributed by atoms with Crippen molar-refractivity contribution in [1.29, 1.82) is 0 Å². The maximum Gasteiger partial charge on any atom is 0.284 e. The largest absolute Gasteiger partial charge is 0.322 e. The number of benzene rings is 2. The molecule has 1 amide bonds. The monoisotopic (exact) mass is 476 g/mol. The summed E-state index contributed by atoms with van der Waals surface area (Å²) >= 11 is 12.8. The Morgan fingerprint density at radius 2 is 1.61 bits per heavy atom. The van der Waals surface area contributed by atoms with E-state index in [1.807, 2.05) is 0 Å². The molecule has 0 atom stereocenters. The van der Waals surface area contributed by atoms with Crippen molar-refractivity contribution in [3.05, 3.63) is 64.3 Å². The standard InChI is InChI=1S/C21H18Cl2N4O3S/c22-17-3-1-4-18(23)20(17)26-12-10-14-13-24-27(21(14)26)31(29,30)16-8-6-15(7-9-16)25-11-2-5-19(25)28/h1,3-4,6-9,13H,2,5,10-12H2. The van der Waals surface area contributed by atoms with Crippen LogP contribution in [0.25, 0.3) is 0 Å². The van der Waals surface area contributed by atoms with Crippen molar-refractivity contribution in [1.82, 2.24) is 9.19 Å². The van der Waals surface area contributed by atoms with E-state index in [9.17, 15) is 13.2 Å². The molecule has 5 rings (SSSR count). The van der Waals surface area contributed by atoms with Gasteiger partial charge < -0.3 is 9.80 Å². The lowest BCUT2D eigenvalue weighted by Gasteiger charge is -2.23. The Hall–Kier alpha value is -2.55. The highest BCUT2D eigenvalue weighted by molar-refractivity contribution is 7.90. The summed E-state index contributed by atoms with van der Waals surface area (Å²) in [5.41, 5.74) is 2.06. The molecular weight excluding hydrogens is 459 g/mol. The van der Waals surface area contributed by atoms with Gasteiger partial charge in [-0.05, 0) is 49.2 Å². The molecule has 1 fully saturated rings. The second-order valence-corrected chi connectivity index (χ2v) is 10.0. The summed E-state index contributed by atoms with van der Waals surface area (Å²) < 4.78 is 27.9. The van der Waals surface area contributed by atoms with E-state index < -0.39 is 10.0 Å². The molecule has 31 heavy (non-hydrogen) atoms. The second kappa shape index (κ2) is 7.55. The van der Waals surface area contributed by atoms with E-state index in [2.05, 4.69) is 5.10 Å². The van der Waals surface area contributed by atoms with Gasteiger partial charge in [0.05, 0.1) is 26.8 Å². The number of aromatic nitrogens is 2. The molecule has 3 heterocycles. The molecule has 2 aliphatic rings. The lowest BCUT2D eigenvalue weighted by atomic mass is 10.3. The number of hydrogen-bond donors (Lipinski definition) is 0. The van der Waals surface area contributed by atoms with Gasteiger partial charge in [0.25, 0.3) is 10.0 Å². The molecular formula is C21H18Cl2N4O3S. The molecule has 0 spiro atoms. The van der Waals surface area contributed by atoms with E-state index in [1.165, 1.54) is 12.1 Å². The SMILES string of the molecule is O=C1CCCN1c1ccc(S(=O)(=O)n2ncc3c2N(c2c(Cl)cccc2Cl)CC3)cc1. The summed E-state index contributed by atoms with van der Waals surface area (Å²) in [7, 11) is -3.97. The van der Waals surface area contributed by atoms with Crippen LogP contribution >= 0.6 is 23.2 Å². The maximum absolute atomic E-state index is 13.4. The Labute approximate surface area is 189 Å². The first-order valence-corrected chi connectivity index (χ1v) is 12.0. The normalized spacial score (nSPS) is 16.3. The van der Waals surface area contributed by atoms with Gasteiger partial charge in [-0.15, -0.1) is 4.09 Å². The summed E-state index contributed by atoms with van der Waals surface area (Å²) in [6, 6.07) is 11.5. The number of para-hydroxylation sites is 1. The van der Waals surface area contributed by atoms with E-state index in [0.29, 0.717) is 53.2 Å². The van der Waals surface area contributed by atoms with E-state index >= 15 is 0 Å². The Kier molecular flexibility index (Phi) is 4.96. The van der Waals surface area contributed by atoms with Crippen molar-refractivity contribution in [2.24, 2.45) is 0 Å². The third-order valence-corrected chi connectivity index (χ3v) is 7.80. The number of halogens is 2. The Morgan fingerprint density at radius 3 is 2.26 bits per heavy atom. The molecule has 160 valence electrons. The quantitative estimate of drug-likeness (QED) is 0.562. The molecule has 7 nitrogen and oxygen atoms in total. The summed E-state index contributed by atoms with van der Waals surface area (Å²) in [4.78, 5) is 15.5. The zero-order valence-corrected chi connectivity index (χ0v) is 18.7. The van der Waals surface area contributed by atoms with Gasteiger partial charge >= 0.3 is 0 Å². The number of carbonyl (C=O) groups excluding carboxylic acids is 1. The van der Waals surface area contributed by atoms with Gasteiger partial charge in [0.2, 0.25) is 5.91 Å². The van der Waals surface area contributed by atoms with Crippen LogP contribution in [0, 0.1) is 0 Å². The fraction of sp³-hybridized carbons (Fsp3) is 0.238. The minimum atomic E-state index is -3.97. The zero-order valence-electron chi connectivity index (χ0n) is 16.3. The second-order valence-electron chi connectivity index (χ2n) is 7.46. The molecule has 1 saturated heterocycles. The van der Waals surface area contributed by atoms with Gasteiger partial charge in [-0.3, -0.25) is 4.79 Å². The minimum Gasteiger partial charge on any atom is -0.322 e. The van der Waals surface area contributed by atoms with Gasteiger partial charge in [0.1, 0.15) is 0 Å². The third kappa shape index (κ3) is 3.30. The van der Waals surface area contributed by atoms with Crippen LogP contribution in [0.3, 0.4) is 0 Å². The van der Waals surface area contributed by atoms with Crippen molar-refractivity contribution in [3.63, 3.8) is 0 Å². The minimum absolute atomic E-state index is 0.0489. The van der Waals surface area contributed by atoms with E-state index in [1.54, 1.807) is 46.3 Å². The molecule has 0 aliphatic carbocycles. The summed E-state index contributed by atoms with van der Waals surface area (Å²) in [5, 5.41) is 5.04. The van der Waals surface area contributed by atoms with E-state index in [-0.39, 0.29) is 10.8 Å². The average Bonchev–Trinajstić information content (AvgIpc) is 3.45. The molecule has 0 saturated carbocycles. The first-order chi connectivity index (χ1) is 14.9.